The second-order valence-corrected chi connectivity index (χ2v) is 8.58. The van der Waals surface area contributed by atoms with E-state index >= 15 is 0 Å². The highest BCUT2D eigenvalue weighted by Gasteiger charge is 2.19. The van der Waals surface area contributed by atoms with Crippen LogP contribution in [0.25, 0.3) is 11.3 Å². The van der Waals surface area contributed by atoms with Crippen LogP contribution < -0.4 is 16.2 Å². The van der Waals surface area contributed by atoms with Crippen molar-refractivity contribution in [2.75, 3.05) is 10.6 Å². The van der Waals surface area contributed by atoms with Crippen LogP contribution in [0.4, 0.5) is 15.8 Å². The fraction of sp³-hybridized carbons (Fsp3) is 0.227. The quantitative estimate of drug-likeness (QED) is 0.489. The van der Waals surface area contributed by atoms with Gasteiger partial charge in [-0.3, -0.25) is 19.4 Å². The molecule has 0 aliphatic carbocycles. The largest absolute Gasteiger partial charge is 0.325 e. The predicted molar refractivity (Wildman–Crippen MR) is 122 cm³/mol. The number of carbonyl (C=O) groups excluding carboxylic acids is 2. The molecular formula is C22H22FN5O3S. The number of rotatable bonds is 6. The van der Waals surface area contributed by atoms with E-state index in [2.05, 4.69) is 25.8 Å². The summed E-state index contributed by atoms with van der Waals surface area (Å²) in [5.74, 6) is -1.11. The van der Waals surface area contributed by atoms with Gasteiger partial charge in [0, 0.05) is 18.2 Å². The van der Waals surface area contributed by atoms with Crippen LogP contribution in [0.2, 0.25) is 0 Å². The van der Waals surface area contributed by atoms with Crippen LogP contribution in [0.1, 0.15) is 25.0 Å². The number of anilines is 2. The highest BCUT2D eigenvalue weighted by Crippen LogP contribution is 2.30. The summed E-state index contributed by atoms with van der Waals surface area (Å²) in [6, 6.07) is 9.20. The zero-order valence-corrected chi connectivity index (χ0v) is 18.8. The fourth-order valence-corrected chi connectivity index (χ4v) is 3.82. The molecule has 1 atom stereocenters. The smallest absolute Gasteiger partial charge is 0.278 e. The molecule has 0 unspecified atom stereocenters. The van der Waals surface area contributed by atoms with Gasteiger partial charge in [0.2, 0.25) is 11.8 Å². The molecule has 0 radical (unpaired) electrons. The molecule has 0 spiro atoms. The Morgan fingerprint density at radius 1 is 1.12 bits per heavy atom. The Bertz CT molecular complexity index is 1240. The summed E-state index contributed by atoms with van der Waals surface area (Å²) in [7, 11) is 0. The molecular weight excluding hydrogens is 433 g/mol. The maximum Gasteiger partial charge on any atom is 0.278 e. The molecule has 3 aromatic rings. The van der Waals surface area contributed by atoms with Crippen molar-refractivity contribution >= 4 is 35.0 Å². The second-order valence-electron chi connectivity index (χ2n) is 7.25. The van der Waals surface area contributed by atoms with Gasteiger partial charge in [0.1, 0.15) is 5.82 Å². The van der Waals surface area contributed by atoms with Gasteiger partial charge in [-0.05, 0) is 50.6 Å². The van der Waals surface area contributed by atoms with Gasteiger partial charge >= 0.3 is 0 Å². The van der Waals surface area contributed by atoms with Crippen molar-refractivity contribution in [2.45, 2.75) is 38.1 Å². The van der Waals surface area contributed by atoms with Gasteiger partial charge in [-0.2, -0.15) is 0 Å². The van der Waals surface area contributed by atoms with Crippen molar-refractivity contribution in [1.82, 2.24) is 15.2 Å². The van der Waals surface area contributed by atoms with E-state index < -0.39 is 16.6 Å². The summed E-state index contributed by atoms with van der Waals surface area (Å²) in [5.41, 5.74) is 2.52. The lowest BCUT2D eigenvalue weighted by atomic mass is 10.0. The molecule has 1 aromatic heterocycles. The Labute approximate surface area is 188 Å². The minimum Gasteiger partial charge on any atom is -0.325 e. The van der Waals surface area contributed by atoms with Crippen LogP contribution in [-0.4, -0.2) is 32.2 Å². The molecule has 32 heavy (non-hydrogen) atoms. The van der Waals surface area contributed by atoms with E-state index in [0.717, 1.165) is 22.9 Å². The van der Waals surface area contributed by atoms with E-state index in [1.165, 1.54) is 25.1 Å². The number of hydrogen-bond acceptors (Lipinski definition) is 6. The van der Waals surface area contributed by atoms with Crippen molar-refractivity contribution in [3.8, 4) is 11.3 Å². The molecule has 0 bridgehead atoms. The van der Waals surface area contributed by atoms with Crippen LogP contribution in [0.15, 0.2) is 46.3 Å². The molecule has 0 aliphatic heterocycles. The molecule has 3 rings (SSSR count). The van der Waals surface area contributed by atoms with Crippen molar-refractivity contribution in [1.29, 1.82) is 0 Å². The van der Waals surface area contributed by atoms with Crippen molar-refractivity contribution in [3.05, 3.63) is 63.7 Å². The lowest BCUT2D eigenvalue weighted by Crippen LogP contribution is -2.24. The highest BCUT2D eigenvalue weighted by molar-refractivity contribution is 8.00. The summed E-state index contributed by atoms with van der Waals surface area (Å²) >= 11 is 1.01. The number of hydrogen-bond donors (Lipinski definition) is 3. The first kappa shape index (κ1) is 23.1. The number of nitrogens with one attached hydrogen (secondary N) is 3. The number of aryl methyl sites for hydroxylation is 2. The Morgan fingerprint density at radius 3 is 2.53 bits per heavy atom. The number of halogens is 1. The van der Waals surface area contributed by atoms with E-state index in [1.54, 1.807) is 19.1 Å². The number of aromatic amines is 1. The second kappa shape index (κ2) is 9.73. The normalized spacial score (nSPS) is 11.7. The maximum absolute atomic E-state index is 13.3. The molecule has 2 aromatic carbocycles. The molecule has 0 saturated carbocycles. The number of H-pyrrole nitrogens is 1. The Kier molecular flexibility index (Phi) is 7.04. The Balaban J connectivity index is 1.82. The molecule has 0 saturated heterocycles. The molecule has 10 heteroatoms. The lowest BCUT2D eigenvalue weighted by molar-refractivity contribution is -0.115. The van der Waals surface area contributed by atoms with Crippen LogP contribution in [0, 0.1) is 19.7 Å². The number of amides is 2. The fourth-order valence-electron chi connectivity index (χ4n) is 3.08. The number of thioether (sulfide) groups is 1. The van der Waals surface area contributed by atoms with Crippen LogP contribution >= 0.6 is 11.8 Å². The summed E-state index contributed by atoms with van der Waals surface area (Å²) in [4.78, 5) is 39.4. The van der Waals surface area contributed by atoms with Crippen LogP contribution in [0.5, 0.6) is 0 Å². The molecule has 0 fully saturated rings. The number of benzene rings is 2. The minimum atomic E-state index is -0.634. The zero-order chi connectivity index (χ0) is 23.4. The Hall–Kier alpha value is -3.53. The number of nitrogens with zero attached hydrogens (tertiary/aromatic N) is 2. The summed E-state index contributed by atoms with van der Waals surface area (Å²) in [6.07, 6.45) is 0. The van der Waals surface area contributed by atoms with Gasteiger partial charge in [-0.1, -0.05) is 29.5 Å². The first-order chi connectivity index (χ1) is 15.1. The SMILES string of the molecule is CC(=O)Nc1c(C)cc(C)cc1-c1nnc(S[C@@H](C)C(=O)Nc2cccc(F)c2)[nH]c1=O. The van der Waals surface area contributed by atoms with Crippen molar-refractivity contribution in [2.24, 2.45) is 0 Å². The van der Waals surface area contributed by atoms with Gasteiger partial charge in [-0.25, -0.2) is 4.39 Å². The highest BCUT2D eigenvalue weighted by atomic mass is 32.2. The van der Waals surface area contributed by atoms with Gasteiger partial charge in [-0.15, -0.1) is 10.2 Å². The standard InChI is InChI=1S/C22H22FN5O3S/c1-11-8-12(2)18(24-14(4)29)17(9-11)19-21(31)26-22(28-27-19)32-13(3)20(30)25-16-7-5-6-15(23)10-16/h5-10,13H,1-4H3,(H,24,29)(H,25,30)(H,26,28,31)/t13-/m0/s1. The van der Waals surface area contributed by atoms with E-state index in [1.807, 2.05) is 19.9 Å². The van der Waals surface area contributed by atoms with E-state index in [9.17, 15) is 18.8 Å². The maximum atomic E-state index is 13.3. The third kappa shape index (κ3) is 5.58. The molecule has 8 nitrogen and oxygen atoms in total. The number of carbonyl (C=O) groups is 2. The zero-order valence-electron chi connectivity index (χ0n) is 17.9. The van der Waals surface area contributed by atoms with Crippen LogP contribution in [-0.2, 0) is 9.59 Å². The average molecular weight is 456 g/mol. The Morgan fingerprint density at radius 2 is 1.88 bits per heavy atom. The molecule has 0 aliphatic rings. The molecule has 1 heterocycles. The van der Waals surface area contributed by atoms with Crippen LogP contribution in [0.3, 0.4) is 0 Å². The first-order valence-electron chi connectivity index (χ1n) is 9.73. The predicted octanol–water partition coefficient (Wildman–Crippen LogP) is 3.67. The molecule has 2 amide bonds. The van der Waals surface area contributed by atoms with Gasteiger partial charge in [0.25, 0.3) is 5.56 Å². The monoisotopic (exact) mass is 455 g/mol. The molecule has 3 N–H and O–H groups in total. The van der Waals surface area contributed by atoms with Gasteiger partial charge in [0.15, 0.2) is 10.9 Å². The number of aromatic nitrogens is 3. The third-order valence-electron chi connectivity index (χ3n) is 4.46. The van der Waals surface area contributed by atoms with Crippen molar-refractivity contribution in [3.63, 3.8) is 0 Å². The summed E-state index contributed by atoms with van der Waals surface area (Å²) in [5, 5.41) is 13.0. The molecule has 166 valence electrons. The third-order valence-corrected chi connectivity index (χ3v) is 5.44. The summed E-state index contributed by atoms with van der Waals surface area (Å²) in [6.45, 7) is 6.71. The summed E-state index contributed by atoms with van der Waals surface area (Å²) < 4.78 is 13.3. The first-order valence-corrected chi connectivity index (χ1v) is 10.6. The van der Waals surface area contributed by atoms with E-state index in [0.29, 0.717) is 16.9 Å². The van der Waals surface area contributed by atoms with Gasteiger partial charge in [0.05, 0.1) is 10.9 Å². The van der Waals surface area contributed by atoms with Gasteiger partial charge < -0.3 is 10.6 Å². The van der Waals surface area contributed by atoms with E-state index in [4.69, 9.17) is 0 Å². The van der Waals surface area contributed by atoms with Crippen molar-refractivity contribution < 1.29 is 14.0 Å². The lowest BCUT2D eigenvalue weighted by Gasteiger charge is -2.14. The topological polar surface area (TPSA) is 117 Å². The minimum absolute atomic E-state index is 0.0572. The van der Waals surface area contributed by atoms with E-state index in [-0.39, 0.29) is 22.7 Å². The average Bonchev–Trinajstić information content (AvgIpc) is 2.70.